The van der Waals surface area contributed by atoms with E-state index >= 15 is 0 Å². The van der Waals surface area contributed by atoms with Crippen molar-refractivity contribution in [2.45, 2.75) is 27.7 Å². The fraction of sp³-hybridized carbons (Fsp3) is 0.379. The molecule has 0 bridgehead atoms. The zero-order chi connectivity index (χ0) is 25.7. The molecule has 0 unspecified atom stereocenters. The average molecular weight is 486 g/mol. The molecule has 1 aromatic heterocycles. The van der Waals surface area contributed by atoms with E-state index in [-0.39, 0.29) is 24.3 Å². The third-order valence-corrected chi connectivity index (χ3v) is 6.45. The van der Waals surface area contributed by atoms with Gasteiger partial charge in [0, 0.05) is 43.9 Å². The van der Waals surface area contributed by atoms with Crippen LogP contribution in [0.1, 0.15) is 35.3 Å². The van der Waals surface area contributed by atoms with Gasteiger partial charge in [-0.2, -0.15) is 0 Å². The number of aryl methyl sites for hydroxylation is 2. The van der Waals surface area contributed by atoms with Gasteiger partial charge >= 0.3 is 0 Å². The first-order valence-electron chi connectivity index (χ1n) is 12.6. The summed E-state index contributed by atoms with van der Waals surface area (Å²) >= 11 is 0. The summed E-state index contributed by atoms with van der Waals surface area (Å²) in [4.78, 5) is 31.9. The molecule has 1 aliphatic rings. The number of anilines is 1. The first-order chi connectivity index (χ1) is 17.3. The zero-order valence-electron chi connectivity index (χ0n) is 21.6. The second-order valence-electron chi connectivity index (χ2n) is 9.96. The van der Waals surface area contributed by atoms with E-state index in [0.717, 1.165) is 22.6 Å². The van der Waals surface area contributed by atoms with Gasteiger partial charge in [0.05, 0.1) is 5.69 Å². The molecule has 2 amide bonds. The first-order valence-corrected chi connectivity index (χ1v) is 12.6. The average Bonchev–Trinajstić information content (AvgIpc) is 2.89. The van der Waals surface area contributed by atoms with E-state index in [1.165, 1.54) is 5.56 Å². The lowest BCUT2D eigenvalue weighted by molar-refractivity contribution is -0.132. The Hall–Kier alpha value is -3.74. The van der Waals surface area contributed by atoms with E-state index < -0.39 is 0 Å². The molecule has 1 aliphatic heterocycles. The van der Waals surface area contributed by atoms with Crippen LogP contribution in [0, 0.1) is 19.8 Å². The number of carbonyl (C=O) groups excluding carboxylic acids is 2. The number of hydrogen-bond donors (Lipinski definition) is 0. The zero-order valence-corrected chi connectivity index (χ0v) is 21.6. The number of hydrogen-bond acceptors (Lipinski definition) is 5. The molecule has 4 rings (SSSR count). The Morgan fingerprint density at radius 3 is 2.00 bits per heavy atom. The Morgan fingerprint density at radius 2 is 1.44 bits per heavy atom. The van der Waals surface area contributed by atoms with Crippen LogP contribution in [-0.2, 0) is 4.79 Å². The standard InChI is InChI=1S/C29H35N5O2/c1-21(2)19-34(29(36)25-11-7-23(4)8-12-25)20-28(35)33-17-15-32(16-18-33)27-14-13-26(30-31-27)24-9-5-22(3)6-10-24/h5-14,21H,15-20H2,1-4H3. The van der Waals surface area contributed by atoms with Crippen molar-refractivity contribution in [1.82, 2.24) is 20.0 Å². The molecule has 2 heterocycles. The monoisotopic (exact) mass is 485 g/mol. The molecule has 1 saturated heterocycles. The van der Waals surface area contributed by atoms with Crippen LogP contribution in [0.25, 0.3) is 11.3 Å². The topological polar surface area (TPSA) is 69.6 Å². The minimum absolute atomic E-state index is 0.0171. The molecule has 0 N–H and O–H groups in total. The van der Waals surface area contributed by atoms with Crippen molar-refractivity contribution in [3.05, 3.63) is 77.4 Å². The van der Waals surface area contributed by atoms with Gasteiger partial charge in [0.2, 0.25) is 5.91 Å². The summed E-state index contributed by atoms with van der Waals surface area (Å²) in [5, 5.41) is 8.85. The first kappa shape index (κ1) is 25.4. The molecule has 7 nitrogen and oxygen atoms in total. The number of amides is 2. The highest BCUT2D eigenvalue weighted by Gasteiger charge is 2.26. The van der Waals surface area contributed by atoms with Gasteiger partial charge in [-0.25, -0.2) is 0 Å². The molecule has 2 aromatic carbocycles. The van der Waals surface area contributed by atoms with Gasteiger partial charge < -0.3 is 14.7 Å². The molecule has 7 heteroatoms. The van der Waals surface area contributed by atoms with Crippen molar-refractivity contribution < 1.29 is 9.59 Å². The largest absolute Gasteiger partial charge is 0.352 e. The molecule has 0 radical (unpaired) electrons. The summed E-state index contributed by atoms with van der Waals surface area (Å²) in [5.74, 6) is 0.968. The second-order valence-corrected chi connectivity index (χ2v) is 9.96. The number of nitrogens with zero attached hydrogens (tertiary/aromatic N) is 5. The third kappa shape index (κ3) is 6.27. The van der Waals surface area contributed by atoms with Gasteiger partial charge in [0.1, 0.15) is 6.54 Å². The van der Waals surface area contributed by atoms with Crippen molar-refractivity contribution in [2.75, 3.05) is 44.2 Å². The fourth-order valence-electron chi connectivity index (χ4n) is 4.36. The summed E-state index contributed by atoms with van der Waals surface area (Å²) in [5.41, 5.74) is 4.82. The summed E-state index contributed by atoms with van der Waals surface area (Å²) in [7, 11) is 0. The van der Waals surface area contributed by atoms with E-state index in [1.54, 1.807) is 4.90 Å². The van der Waals surface area contributed by atoms with Gasteiger partial charge in [-0.3, -0.25) is 9.59 Å². The Balaban J connectivity index is 1.35. The molecule has 1 fully saturated rings. The van der Waals surface area contributed by atoms with Crippen molar-refractivity contribution >= 4 is 17.6 Å². The van der Waals surface area contributed by atoms with Crippen LogP contribution in [-0.4, -0.2) is 71.1 Å². The summed E-state index contributed by atoms with van der Waals surface area (Å²) in [6.45, 7) is 11.4. The van der Waals surface area contributed by atoms with Crippen LogP contribution in [0.2, 0.25) is 0 Å². The van der Waals surface area contributed by atoms with Crippen LogP contribution < -0.4 is 4.90 Å². The predicted octanol–water partition coefficient (Wildman–Crippen LogP) is 4.21. The van der Waals surface area contributed by atoms with Crippen molar-refractivity contribution in [3.63, 3.8) is 0 Å². The quantitative estimate of drug-likeness (QED) is 0.502. The van der Waals surface area contributed by atoms with Crippen LogP contribution in [0.3, 0.4) is 0 Å². The Kier molecular flexibility index (Phi) is 7.98. The molecule has 0 saturated carbocycles. The minimum Gasteiger partial charge on any atom is -0.352 e. The van der Waals surface area contributed by atoms with E-state index in [0.29, 0.717) is 38.3 Å². The van der Waals surface area contributed by atoms with Crippen LogP contribution >= 0.6 is 0 Å². The SMILES string of the molecule is Cc1ccc(C(=O)N(CC(=O)N2CCN(c3ccc(-c4ccc(C)cc4)nn3)CC2)CC(C)C)cc1. The molecule has 0 spiro atoms. The maximum Gasteiger partial charge on any atom is 0.254 e. The molecule has 0 atom stereocenters. The lowest BCUT2D eigenvalue weighted by Gasteiger charge is -2.36. The van der Waals surface area contributed by atoms with Crippen LogP contribution in [0.15, 0.2) is 60.7 Å². The van der Waals surface area contributed by atoms with Gasteiger partial charge in [-0.1, -0.05) is 61.4 Å². The number of rotatable bonds is 7. The maximum absolute atomic E-state index is 13.1. The Morgan fingerprint density at radius 1 is 0.833 bits per heavy atom. The molecule has 188 valence electrons. The lowest BCUT2D eigenvalue weighted by Crippen LogP contribution is -2.52. The van der Waals surface area contributed by atoms with Crippen molar-refractivity contribution in [1.29, 1.82) is 0 Å². The van der Waals surface area contributed by atoms with Gasteiger partial charge in [0.25, 0.3) is 5.91 Å². The second kappa shape index (κ2) is 11.3. The van der Waals surface area contributed by atoms with Crippen molar-refractivity contribution in [2.24, 2.45) is 5.92 Å². The molecule has 0 aliphatic carbocycles. The predicted molar refractivity (Wildman–Crippen MR) is 143 cm³/mol. The number of aromatic nitrogens is 2. The highest BCUT2D eigenvalue weighted by atomic mass is 16.2. The lowest BCUT2D eigenvalue weighted by atomic mass is 10.1. The molecule has 36 heavy (non-hydrogen) atoms. The molecular formula is C29H35N5O2. The van der Waals surface area contributed by atoms with Crippen molar-refractivity contribution in [3.8, 4) is 11.3 Å². The summed E-state index contributed by atoms with van der Waals surface area (Å²) < 4.78 is 0. The van der Waals surface area contributed by atoms with E-state index in [2.05, 4.69) is 60.1 Å². The minimum atomic E-state index is -0.0976. The van der Waals surface area contributed by atoms with Crippen LogP contribution in [0.4, 0.5) is 5.82 Å². The highest BCUT2D eigenvalue weighted by molar-refractivity contribution is 5.96. The number of piperazine rings is 1. The number of benzene rings is 2. The van der Waals surface area contributed by atoms with E-state index in [9.17, 15) is 9.59 Å². The van der Waals surface area contributed by atoms with Gasteiger partial charge in [-0.15, -0.1) is 10.2 Å². The van der Waals surface area contributed by atoms with E-state index in [1.807, 2.05) is 48.2 Å². The molecular weight excluding hydrogens is 450 g/mol. The number of carbonyl (C=O) groups is 2. The van der Waals surface area contributed by atoms with E-state index in [4.69, 9.17) is 0 Å². The summed E-state index contributed by atoms with van der Waals surface area (Å²) in [6.07, 6.45) is 0. The van der Waals surface area contributed by atoms with Gasteiger partial charge in [0.15, 0.2) is 5.82 Å². The Labute approximate surface area is 213 Å². The highest BCUT2D eigenvalue weighted by Crippen LogP contribution is 2.20. The maximum atomic E-state index is 13.1. The van der Waals surface area contributed by atoms with Crippen LogP contribution in [0.5, 0.6) is 0 Å². The smallest absolute Gasteiger partial charge is 0.254 e. The van der Waals surface area contributed by atoms with Gasteiger partial charge in [-0.05, 0) is 44.0 Å². The Bertz CT molecular complexity index is 1170. The normalized spacial score (nSPS) is 13.7. The third-order valence-electron chi connectivity index (χ3n) is 6.45. The summed E-state index contributed by atoms with van der Waals surface area (Å²) in [6, 6.07) is 19.7. The fourth-order valence-corrected chi connectivity index (χ4v) is 4.36. The molecule has 3 aromatic rings.